The summed E-state index contributed by atoms with van der Waals surface area (Å²) in [4.78, 5) is 10.9. The van der Waals surface area contributed by atoms with Crippen molar-refractivity contribution < 1.29 is 14.3 Å². The van der Waals surface area contributed by atoms with E-state index in [1.165, 1.54) is 0 Å². The van der Waals surface area contributed by atoms with Gasteiger partial charge < -0.3 is 9.47 Å². The molecule has 1 unspecified atom stereocenters. The minimum atomic E-state index is -0.303. The van der Waals surface area contributed by atoms with Crippen molar-refractivity contribution in [2.45, 2.75) is 25.5 Å². The van der Waals surface area contributed by atoms with Gasteiger partial charge in [0.05, 0.1) is 6.61 Å². The molecule has 0 aromatic carbocycles. The first-order valence-corrected chi connectivity index (χ1v) is 5.58. The lowest BCUT2D eigenvalue weighted by molar-refractivity contribution is -0.139. The Labute approximate surface area is 82.5 Å². The van der Waals surface area contributed by atoms with Crippen molar-refractivity contribution in [1.82, 2.24) is 0 Å². The number of rotatable bonds is 6. The second-order valence-corrected chi connectivity index (χ2v) is 4.39. The van der Waals surface area contributed by atoms with Gasteiger partial charge in [0.15, 0.2) is 0 Å². The van der Waals surface area contributed by atoms with E-state index in [4.69, 9.17) is 9.47 Å². The van der Waals surface area contributed by atoms with Gasteiger partial charge in [0.2, 0.25) is 0 Å². The van der Waals surface area contributed by atoms with Crippen molar-refractivity contribution in [1.29, 1.82) is 0 Å². The highest BCUT2D eigenvalue weighted by Gasteiger charge is 2.03. The van der Waals surface area contributed by atoms with Crippen LogP contribution in [0.1, 0.15) is 19.8 Å². The first-order chi connectivity index (χ1) is 6.07. The summed E-state index contributed by atoms with van der Waals surface area (Å²) in [6, 6.07) is 0. The van der Waals surface area contributed by atoms with E-state index in [0.29, 0.717) is 17.9 Å². The summed E-state index contributed by atoms with van der Waals surface area (Å²) in [5.41, 5.74) is 0.817. The van der Waals surface area contributed by atoms with Gasteiger partial charge >= 0.3 is 5.97 Å². The minimum absolute atomic E-state index is 0.303. The van der Waals surface area contributed by atoms with Crippen LogP contribution in [0.5, 0.6) is 0 Å². The number of methoxy groups -OCH3 is 1. The van der Waals surface area contributed by atoms with E-state index in [9.17, 15) is 4.79 Å². The summed E-state index contributed by atoms with van der Waals surface area (Å²) >= 11 is 0. The lowest BCUT2D eigenvalue weighted by Crippen LogP contribution is -2.12. The summed E-state index contributed by atoms with van der Waals surface area (Å²) in [5.74, 6) is -0.303. The Hall–Kier alpha value is -0.613. The van der Waals surface area contributed by atoms with Crippen molar-refractivity contribution in [3.8, 4) is 0 Å². The molecule has 0 amide bonds. The maximum Gasteiger partial charge on any atom is 0.333 e. The molecule has 0 aliphatic carbocycles. The zero-order chi connectivity index (χ0) is 10.3. The predicted molar refractivity (Wildman–Crippen MR) is 55.7 cm³/mol. The van der Waals surface area contributed by atoms with Crippen LogP contribution in [0.15, 0.2) is 12.2 Å². The smallest absolute Gasteiger partial charge is 0.333 e. The zero-order valence-electron chi connectivity index (χ0n) is 8.63. The van der Waals surface area contributed by atoms with E-state index in [1.807, 2.05) is 0 Å². The van der Waals surface area contributed by atoms with Crippen LogP contribution in [0, 0.1) is 0 Å². The summed E-state index contributed by atoms with van der Waals surface area (Å²) < 4.78 is 10.0. The van der Waals surface area contributed by atoms with Crippen molar-refractivity contribution in [3.05, 3.63) is 12.2 Å². The third-order valence-corrected chi connectivity index (χ3v) is 2.79. The first-order valence-electron chi connectivity index (χ1n) is 4.43. The van der Waals surface area contributed by atoms with Crippen LogP contribution in [0.25, 0.3) is 0 Å². The van der Waals surface area contributed by atoms with Crippen LogP contribution < -0.4 is 0 Å². The Morgan fingerprint density at radius 3 is 2.69 bits per heavy atom. The molecule has 0 radical (unpaired) electrons. The van der Waals surface area contributed by atoms with E-state index in [1.54, 1.807) is 14.0 Å². The minimum Gasteiger partial charge on any atom is -0.462 e. The fourth-order valence-corrected chi connectivity index (χ4v) is 1.18. The highest BCUT2D eigenvalue weighted by atomic mass is 28.1. The van der Waals surface area contributed by atoms with Crippen molar-refractivity contribution >= 4 is 16.2 Å². The van der Waals surface area contributed by atoms with E-state index < -0.39 is 0 Å². The Bertz CT molecular complexity index is 180. The van der Waals surface area contributed by atoms with Crippen LogP contribution in [0.4, 0.5) is 0 Å². The lowest BCUT2D eigenvalue weighted by Gasteiger charge is -2.09. The molecule has 0 fully saturated rings. The molecule has 0 aliphatic heterocycles. The number of esters is 1. The fourth-order valence-electron chi connectivity index (χ4n) is 0.777. The van der Waals surface area contributed by atoms with Crippen molar-refractivity contribution in [2.75, 3.05) is 13.7 Å². The molecule has 0 spiro atoms. The van der Waals surface area contributed by atoms with Gasteiger partial charge in [-0.3, -0.25) is 0 Å². The van der Waals surface area contributed by atoms with E-state index in [-0.39, 0.29) is 5.97 Å². The average Bonchev–Trinajstić information content (AvgIpc) is 2.11. The molecular formula is C9H18O3Si. The Morgan fingerprint density at radius 1 is 1.62 bits per heavy atom. The standard InChI is InChI=1S/C9H18O3Si/c1-7(2)9(10)12-6-4-5-8(13)11-3/h8H,1,4-6H2,2-3,13H3. The Morgan fingerprint density at radius 2 is 2.23 bits per heavy atom. The molecule has 0 saturated heterocycles. The largest absolute Gasteiger partial charge is 0.462 e. The molecule has 0 aromatic rings. The molecule has 0 N–H and O–H groups in total. The third kappa shape index (κ3) is 6.54. The second-order valence-electron chi connectivity index (χ2n) is 3.10. The first kappa shape index (κ1) is 12.4. The molecule has 0 aliphatic rings. The predicted octanol–water partition coefficient (Wildman–Crippen LogP) is 0.224. The normalized spacial score (nSPS) is 12.5. The number of ether oxygens (including phenoxy) is 2. The summed E-state index contributed by atoms with van der Waals surface area (Å²) in [6.07, 6.45) is 1.83. The molecule has 4 heteroatoms. The summed E-state index contributed by atoms with van der Waals surface area (Å²) in [6.45, 7) is 5.60. The van der Waals surface area contributed by atoms with Gasteiger partial charge in [0.1, 0.15) is 0 Å². The van der Waals surface area contributed by atoms with Crippen LogP contribution in [0.2, 0.25) is 0 Å². The summed E-state index contributed by atoms with van der Waals surface area (Å²) in [7, 11) is 2.73. The number of hydrogen-bond acceptors (Lipinski definition) is 3. The van der Waals surface area contributed by atoms with Gasteiger partial charge in [-0.25, -0.2) is 4.79 Å². The van der Waals surface area contributed by atoms with Gasteiger partial charge in [0.25, 0.3) is 0 Å². The molecule has 0 aromatic heterocycles. The molecule has 1 atom stereocenters. The maximum absolute atomic E-state index is 10.9. The van der Waals surface area contributed by atoms with Gasteiger partial charge in [-0.15, -0.1) is 0 Å². The van der Waals surface area contributed by atoms with E-state index in [0.717, 1.165) is 23.1 Å². The van der Waals surface area contributed by atoms with Gasteiger partial charge in [-0.05, 0) is 19.8 Å². The fraction of sp³-hybridized carbons (Fsp3) is 0.667. The topological polar surface area (TPSA) is 35.5 Å². The van der Waals surface area contributed by atoms with Crippen LogP contribution in [-0.4, -0.2) is 35.7 Å². The van der Waals surface area contributed by atoms with Crippen molar-refractivity contribution in [2.24, 2.45) is 0 Å². The van der Waals surface area contributed by atoms with Gasteiger partial charge in [-0.2, -0.15) is 0 Å². The molecule has 3 nitrogen and oxygen atoms in total. The van der Waals surface area contributed by atoms with Crippen LogP contribution in [0.3, 0.4) is 0 Å². The average molecular weight is 202 g/mol. The highest BCUT2D eigenvalue weighted by molar-refractivity contribution is 6.10. The van der Waals surface area contributed by atoms with Gasteiger partial charge in [-0.1, -0.05) is 6.58 Å². The number of hydrogen-bond donors (Lipinski definition) is 0. The molecule has 76 valence electrons. The Kier molecular flexibility index (Phi) is 6.53. The van der Waals surface area contributed by atoms with E-state index >= 15 is 0 Å². The molecule has 0 rings (SSSR count). The van der Waals surface area contributed by atoms with E-state index in [2.05, 4.69) is 6.58 Å². The third-order valence-electron chi connectivity index (χ3n) is 1.74. The summed E-state index contributed by atoms with van der Waals surface area (Å²) in [5, 5.41) is 0. The monoisotopic (exact) mass is 202 g/mol. The maximum atomic E-state index is 10.9. The molecule has 13 heavy (non-hydrogen) atoms. The number of carbonyl (C=O) groups excluding carboxylic acids is 1. The van der Waals surface area contributed by atoms with Crippen LogP contribution >= 0.6 is 0 Å². The quantitative estimate of drug-likeness (QED) is 0.268. The zero-order valence-corrected chi connectivity index (χ0v) is 10.6. The Balaban J connectivity index is 3.36. The highest BCUT2D eigenvalue weighted by Crippen LogP contribution is 1.99. The molecular weight excluding hydrogens is 184 g/mol. The number of carbonyl (C=O) groups is 1. The molecule has 0 bridgehead atoms. The second kappa shape index (κ2) is 6.86. The van der Waals surface area contributed by atoms with Crippen molar-refractivity contribution in [3.63, 3.8) is 0 Å². The molecule has 0 heterocycles. The van der Waals surface area contributed by atoms with Gasteiger partial charge in [0, 0.05) is 28.7 Å². The SMILES string of the molecule is C=C(C)C(=O)OCCCC([SiH3])OC. The molecule has 0 saturated carbocycles. The van der Waals surface area contributed by atoms with Crippen LogP contribution in [-0.2, 0) is 14.3 Å². The lowest BCUT2D eigenvalue weighted by atomic mass is 10.3.